The Morgan fingerprint density at radius 1 is 1.36 bits per heavy atom. The van der Waals surface area contributed by atoms with Gasteiger partial charge in [0.1, 0.15) is 5.75 Å². The normalized spacial score (nSPS) is 19.8. The number of nitrogens with zero attached hydrogens (tertiary/aromatic N) is 1. The van der Waals surface area contributed by atoms with Crippen molar-refractivity contribution < 1.29 is 14.3 Å². The van der Waals surface area contributed by atoms with Gasteiger partial charge in [0.15, 0.2) is 6.10 Å². The molecular weight excluding hydrogens is 318 g/mol. The van der Waals surface area contributed by atoms with Crippen LogP contribution in [0.15, 0.2) is 24.3 Å². The second-order valence-electron chi connectivity index (χ2n) is 6.74. The third-order valence-electron chi connectivity index (χ3n) is 4.96. The fraction of sp³-hybridized carbons (Fsp3) is 0.579. The molecule has 1 aliphatic heterocycles. The molecule has 6 nitrogen and oxygen atoms in total. The van der Waals surface area contributed by atoms with Crippen LogP contribution in [0.2, 0.25) is 0 Å². The third kappa shape index (κ3) is 4.72. The highest BCUT2D eigenvalue weighted by Gasteiger charge is 2.31. The van der Waals surface area contributed by atoms with Crippen LogP contribution in [-0.4, -0.2) is 35.9 Å². The predicted octanol–water partition coefficient (Wildman–Crippen LogP) is 2.20. The molecule has 1 saturated heterocycles. The minimum Gasteiger partial charge on any atom is -0.481 e. The fourth-order valence-electron chi connectivity index (χ4n) is 3.22. The molecule has 3 atom stereocenters. The molecule has 0 aliphatic carbocycles. The molecule has 1 fully saturated rings. The molecule has 0 spiro atoms. The van der Waals surface area contributed by atoms with E-state index < -0.39 is 6.10 Å². The summed E-state index contributed by atoms with van der Waals surface area (Å²) in [6.07, 6.45) is 1.95. The first kappa shape index (κ1) is 19.2. The van der Waals surface area contributed by atoms with Crippen LogP contribution >= 0.6 is 0 Å². The first-order valence-electron chi connectivity index (χ1n) is 9.02. The lowest BCUT2D eigenvalue weighted by Gasteiger charge is -2.33. The zero-order valence-corrected chi connectivity index (χ0v) is 15.3. The standard InChI is InChI=1S/C19H29N3O3/c1-4-13(2)16-9-5-6-10-17(16)25-14(3)19(24)22-11-7-8-15(12-22)18(23)21-20/h5-6,9-10,13-15H,4,7-8,11-12,20H2,1-3H3,(H,21,23). The Morgan fingerprint density at radius 3 is 2.76 bits per heavy atom. The molecular formula is C19H29N3O3. The van der Waals surface area contributed by atoms with Crippen molar-refractivity contribution in [1.82, 2.24) is 10.3 Å². The minimum absolute atomic E-state index is 0.0894. The maximum Gasteiger partial charge on any atom is 0.263 e. The number of piperidine rings is 1. The fourth-order valence-corrected chi connectivity index (χ4v) is 3.22. The summed E-state index contributed by atoms with van der Waals surface area (Å²) in [5.41, 5.74) is 3.30. The van der Waals surface area contributed by atoms with Crippen molar-refractivity contribution in [1.29, 1.82) is 0 Å². The van der Waals surface area contributed by atoms with Gasteiger partial charge < -0.3 is 9.64 Å². The van der Waals surface area contributed by atoms with E-state index in [2.05, 4.69) is 19.3 Å². The summed E-state index contributed by atoms with van der Waals surface area (Å²) in [6, 6.07) is 7.86. The largest absolute Gasteiger partial charge is 0.481 e. The molecule has 0 saturated carbocycles. The van der Waals surface area contributed by atoms with Gasteiger partial charge in [0.05, 0.1) is 5.92 Å². The molecule has 0 aromatic heterocycles. The van der Waals surface area contributed by atoms with E-state index in [1.165, 1.54) is 0 Å². The number of nitrogens with one attached hydrogen (secondary N) is 1. The van der Waals surface area contributed by atoms with E-state index in [0.29, 0.717) is 19.0 Å². The lowest BCUT2D eigenvalue weighted by atomic mass is 9.97. The van der Waals surface area contributed by atoms with Crippen molar-refractivity contribution in [2.45, 2.75) is 52.1 Å². The van der Waals surface area contributed by atoms with Crippen LogP contribution in [0.4, 0.5) is 0 Å². The van der Waals surface area contributed by atoms with Crippen molar-refractivity contribution >= 4 is 11.8 Å². The molecule has 0 radical (unpaired) electrons. The average Bonchev–Trinajstić information content (AvgIpc) is 2.66. The molecule has 1 aromatic rings. The number of ether oxygens (including phenoxy) is 1. The Bertz CT molecular complexity index is 605. The highest BCUT2D eigenvalue weighted by Crippen LogP contribution is 2.29. The van der Waals surface area contributed by atoms with Gasteiger partial charge in [-0.3, -0.25) is 15.0 Å². The van der Waals surface area contributed by atoms with E-state index in [-0.39, 0.29) is 17.7 Å². The summed E-state index contributed by atoms with van der Waals surface area (Å²) in [6.45, 7) is 7.08. The van der Waals surface area contributed by atoms with Crippen molar-refractivity contribution in [3.05, 3.63) is 29.8 Å². The van der Waals surface area contributed by atoms with Crippen LogP contribution in [0.5, 0.6) is 5.75 Å². The molecule has 0 bridgehead atoms. The molecule has 3 unspecified atom stereocenters. The number of likely N-dealkylation sites (tertiary alicyclic amines) is 1. The van der Waals surface area contributed by atoms with Crippen molar-refractivity contribution in [2.75, 3.05) is 13.1 Å². The Morgan fingerprint density at radius 2 is 2.08 bits per heavy atom. The number of carbonyl (C=O) groups excluding carboxylic acids is 2. The van der Waals surface area contributed by atoms with Crippen LogP contribution in [0.1, 0.15) is 51.5 Å². The number of benzene rings is 1. The molecule has 25 heavy (non-hydrogen) atoms. The summed E-state index contributed by atoms with van der Waals surface area (Å²) in [7, 11) is 0. The number of rotatable bonds is 6. The highest BCUT2D eigenvalue weighted by atomic mass is 16.5. The summed E-state index contributed by atoms with van der Waals surface area (Å²) in [5.74, 6) is 5.79. The van der Waals surface area contributed by atoms with E-state index in [9.17, 15) is 9.59 Å². The van der Waals surface area contributed by atoms with E-state index in [0.717, 1.165) is 30.6 Å². The van der Waals surface area contributed by atoms with Gasteiger partial charge in [0, 0.05) is 13.1 Å². The van der Waals surface area contributed by atoms with Crippen molar-refractivity contribution in [3.63, 3.8) is 0 Å². The number of carbonyl (C=O) groups is 2. The summed E-state index contributed by atoms with van der Waals surface area (Å²) in [5, 5.41) is 0. The van der Waals surface area contributed by atoms with Gasteiger partial charge in [-0.05, 0) is 43.7 Å². The number of hydrazine groups is 1. The molecule has 2 rings (SSSR count). The topological polar surface area (TPSA) is 84.7 Å². The molecule has 1 aromatic carbocycles. The van der Waals surface area contributed by atoms with Gasteiger partial charge in [-0.2, -0.15) is 0 Å². The average molecular weight is 347 g/mol. The smallest absolute Gasteiger partial charge is 0.263 e. The zero-order chi connectivity index (χ0) is 18.4. The summed E-state index contributed by atoms with van der Waals surface area (Å²) >= 11 is 0. The lowest BCUT2D eigenvalue weighted by Crippen LogP contribution is -2.50. The van der Waals surface area contributed by atoms with E-state index in [1.54, 1.807) is 11.8 Å². The van der Waals surface area contributed by atoms with Crippen LogP contribution in [-0.2, 0) is 9.59 Å². The SMILES string of the molecule is CCC(C)c1ccccc1OC(C)C(=O)N1CCCC(C(=O)NN)C1. The van der Waals surface area contributed by atoms with Gasteiger partial charge in [0.2, 0.25) is 5.91 Å². The Kier molecular flexibility index (Phi) is 6.82. The first-order chi connectivity index (χ1) is 12.0. The second kappa shape index (κ2) is 8.85. The van der Waals surface area contributed by atoms with Crippen LogP contribution in [0.3, 0.4) is 0 Å². The minimum atomic E-state index is -0.593. The predicted molar refractivity (Wildman–Crippen MR) is 96.9 cm³/mol. The number of amides is 2. The quantitative estimate of drug-likeness (QED) is 0.469. The van der Waals surface area contributed by atoms with Crippen LogP contribution in [0, 0.1) is 5.92 Å². The Hall–Kier alpha value is -2.08. The number of nitrogens with two attached hydrogens (primary N) is 1. The van der Waals surface area contributed by atoms with E-state index in [4.69, 9.17) is 10.6 Å². The number of hydrogen-bond acceptors (Lipinski definition) is 4. The van der Waals surface area contributed by atoms with Crippen LogP contribution in [0.25, 0.3) is 0 Å². The van der Waals surface area contributed by atoms with E-state index in [1.807, 2.05) is 24.3 Å². The first-order valence-corrected chi connectivity index (χ1v) is 9.02. The Balaban J connectivity index is 2.04. The summed E-state index contributed by atoms with van der Waals surface area (Å²) in [4.78, 5) is 26.2. The molecule has 1 heterocycles. The van der Waals surface area contributed by atoms with Crippen molar-refractivity contribution in [3.8, 4) is 5.75 Å². The maximum atomic E-state index is 12.7. The maximum absolute atomic E-state index is 12.7. The summed E-state index contributed by atoms with van der Waals surface area (Å²) < 4.78 is 5.99. The number of para-hydroxylation sites is 1. The van der Waals surface area contributed by atoms with Gasteiger partial charge in [-0.25, -0.2) is 5.84 Å². The molecule has 3 N–H and O–H groups in total. The lowest BCUT2D eigenvalue weighted by molar-refractivity contribution is -0.141. The van der Waals surface area contributed by atoms with Gasteiger partial charge in [-0.1, -0.05) is 32.0 Å². The van der Waals surface area contributed by atoms with Gasteiger partial charge >= 0.3 is 0 Å². The Labute approximate surface area is 149 Å². The highest BCUT2D eigenvalue weighted by molar-refractivity contribution is 5.83. The van der Waals surface area contributed by atoms with Crippen LogP contribution < -0.4 is 16.0 Å². The second-order valence-corrected chi connectivity index (χ2v) is 6.74. The number of hydrogen-bond donors (Lipinski definition) is 2. The molecule has 2 amide bonds. The van der Waals surface area contributed by atoms with Gasteiger partial charge in [-0.15, -0.1) is 0 Å². The monoisotopic (exact) mass is 347 g/mol. The molecule has 138 valence electrons. The van der Waals surface area contributed by atoms with E-state index >= 15 is 0 Å². The van der Waals surface area contributed by atoms with Gasteiger partial charge in [0.25, 0.3) is 5.91 Å². The zero-order valence-electron chi connectivity index (χ0n) is 15.3. The molecule has 1 aliphatic rings. The van der Waals surface area contributed by atoms with Crippen molar-refractivity contribution in [2.24, 2.45) is 11.8 Å². The molecule has 6 heteroatoms. The third-order valence-corrected chi connectivity index (χ3v) is 4.96.